The molecule has 7 N–H and O–H groups in total. The van der Waals surface area contributed by atoms with Gasteiger partial charge in [-0.05, 0) is 89.9 Å². The fourth-order valence-electron chi connectivity index (χ4n) is 6.15. The summed E-state index contributed by atoms with van der Waals surface area (Å²) < 4.78 is 33.4. The van der Waals surface area contributed by atoms with E-state index < -0.39 is 75.7 Å². The molecule has 1 saturated carbocycles. The van der Waals surface area contributed by atoms with Gasteiger partial charge in [0, 0.05) is 19.4 Å². The highest BCUT2D eigenvalue weighted by molar-refractivity contribution is 7.47. The summed E-state index contributed by atoms with van der Waals surface area (Å²) in [7, 11) is -5.15. The Morgan fingerprint density at radius 2 is 0.952 bits per heavy atom. The minimum Gasteiger partial charge on any atom is -0.462 e. The van der Waals surface area contributed by atoms with Gasteiger partial charge in [-0.15, -0.1) is 0 Å². The van der Waals surface area contributed by atoms with E-state index in [4.69, 9.17) is 23.6 Å². The van der Waals surface area contributed by atoms with Gasteiger partial charge in [0.25, 0.3) is 0 Å². The smallest absolute Gasteiger partial charge is 0.462 e. The number of carbonyl (C=O) groups excluding carboxylic acids is 2. The molecule has 0 saturated heterocycles. The average Bonchev–Trinajstić information content (AvgIpc) is 3.25. The third-order valence-electron chi connectivity index (χ3n) is 9.78. The minimum absolute atomic E-state index is 0.00214. The molecule has 0 radical (unpaired) electrons. The topological polar surface area (TPSA) is 230 Å². The van der Waals surface area contributed by atoms with Crippen LogP contribution >= 0.6 is 7.82 Å². The lowest BCUT2D eigenvalue weighted by atomic mass is 9.85. The molecule has 14 nitrogen and oxygen atoms in total. The summed E-state index contributed by atoms with van der Waals surface area (Å²) in [5.74, 6) is -1.21. The van der Waals surface area contributed by atoms with Gasteiger partial charge in [-0.25, -0.2) is 4.57 Å². The van der Waals surface area contributed by atoms with Crippen molar-refractivity contribution in [3.63, 3.8) is 0 Å². The van der Waals surface area contributed by atoms with E-state index in [1.165, 1.54) is 0 Å². The number of ether oxygens (including phenoxy) is 2. The van der Waals surface area contributed by atoms with E-state index in [-0.39, 0.29) is 19.4 Å². The summed E-state index contributed by atoms with van der Waals surface area (Å²) in [6.45, 7) is 1.11. The Labute approximate surface area is 370 Å². The molecule has 0 amide bonds. The zero-order valence-electron chi connectivity index (χ0n) is 36.8. The third kappa shape index (κ3) is 29.4. The largest absolute Gasteiger partial charge is 0.472 e. The standard InChI is InChI=1S/C47H77O14P/c1-2-3-4-5-6-7-8-9-13-16-19-22-25-28-31-34-40(49)58-37-39(38-59-62(56,57)61-47-45(54)43(52)42(51)44(53)46(47)55)60-41(50)35-32-29-26-23-20-17-14-11-10-12-15-18-21-24-27-30-33-36-48/h3-4,6-7,9-10,12-14,17-18,21,23,26,39,42-48,51-55H,2,5,8,11,15-16,19-20,22,24-25,27-38H2,1H3,(H,56,57)/b4-3-,7-6-,12-10-,13-9-,17-14-,21-18-,26-23-/t39-,42?,43-,44+,45-,46-,47?/m1/s1. The Kier molecular flexibility index (Phi) is 34.4. The molecule has 0 aromatic heterocycles. The second kappa shape index (κ2) is 37.4. The summed E-state index contributed by atoms with van der Waals surface area (Å²) in [6.07, 6.45) is 32.3. The number of esters is 2. The van der Waals surface area contributed by atoms with Gasteiger partial charge in [0.15, 0.2) is 6.10 Å². The maximum atomic E-state index is 12.8. The molecule has 0 aliphatic heterocycles. The van der Waals surface area contributed by atoms with Crippen LogP contribution in [0, 0.1) is 0 Å². The molecule has 1 rings (SSSR count). The fraction of sp³-hybridized carbons (Fsp3) is 0.660. The molecule has 0 heterocycles. The van der Waals surface area contributed by atoms with Gasteiger partial charge in [-0.1, -0.05) is 118 Å². The molecule has 354 valence electrons. The number of aliphatic hydroxyl groups is 6. The van der Waals surface area contributed by atoms with Crippen LogP contribution in [0.4, 0.5) is 0 Å². The van der Waals surface area contributed by atoms with Gasteiger partial charge in [0.05, 0.1) is 6.61 Å². The van der Waals surface area contributed by atoms with Crippen molar-refractivity contribution in [1.29, 1.82) is 0 Å². The molecule has 1 fully saturated rings. The number of rotatable bonds is 36. The average molecular weight is 897 g/mol. The normalized spacial score (nSPS) is 22.6. The van der Waals surface area contributed by atoms with Crippen LogP contribution in [0.2, 0.25) is 0 Å². The van der Waals surface area contributed by atoms with Crippen LogP contribution in [0.5, 0.6) is 0 Å². The summed E-state index contributed by atoms with van der Waals surface area (Å²) in [6, 6.07) is 0. The molecule has 0 aromatic rings. The zero-order valence-corrected chi connectivity index (χ0v) is 37.7. The maximum absolute atomic E-state index is 12.8. The lowest BCUT2D eigenvalue weighted by Crippen LogP contribution is -2.64. The predicted molar refractivity (Wildman–Crippen MR) is 241 cm³/mol. The van der Waals surface area contributed by atoms with Crippen molar-refractivity contribution in [3.05, 3.63) is 85.1 Å². The van der Waals surface area contributed by atoms with Crippen molar-refractivity contribution >= 4 is 19.8 Å². The van der Waals surface area contributed by atoms with Crippen LogP contribution in [0.1, 0.15) is 135 Å². The van der Waals surface area contributed by atoms with E-state index in [0.29, 0.717) is 19.3 Å². The number of phosphoric acid groups is 1. The Morgan fingerprint density at radius 1 is 0.532 bits per heavy atom. The first-order chi connectivity index (χ1) is 29.9. The number of carbonyl (C=O) groups is 2. The minimum atomic E-state index is -5.15. The number of aliphatic hydroxyl groups excluding tert-OH is 6. The zero-order chi connectivity index (χ0) is 45.7. The number of unbranched alkanes of at least 4 members (excludes halogenated alkanes) is 9. The second-order valence-electron chi connectivity index (χ2n) is 15.2. The van der Waals surface area contributed by atoms with Gasteiger partial charge in [0.2, 0.25) is 0 Å². The molecular weight excluding hydrogens is 819 g/mol. The van der Waals surface area contributed by atoms with Crippen molar-refractivity contribution in [1.82, 2.24) is 0 Å². The first kappa shape index (κ1) is 57.0. The maximum Gasteiger partial charge on any atom is 0.472 e. The van der Waals surface area contributed by atoms with Gasteiger partial charge >= 0.3 is 19.8 Å². The molecule has 0 bridgehead atoms. The van der Waals surface area contributed by atoms with Crippen molar-refractivity contribution in [3.8, 4) is 0 Å². The first-order valence-electron chi connectivity index (χ1n) is 22.5. The quantitative estimate of drug-likeness (QED) is 0.0140. The molecule has 1 aliphatic rings. The molecule has 1 aliphatic carbocycles. The Hall–Kier alpha value is -3.01. The Morgan fingerprint density at radius 3 is 1.47 bits per heavy atom. The van der Waals surface area contributed by atoms with E-state index >= 15 is 0 Å². The van der Waals surface area contributed by atoms with Crippen LogP contribution in [0.15, 0.2) is 85.1 Å². The first-order valence-corrected chi connectivity index (χ1v) is 24.0. The van der Waals surface area contributed by atoms with Gasteiger partial charge in [0.1, 0.15) is 43.2 Å². The Bertz CT molecular complexity index is 1410. The molecule has 3 unspecified atom stereocenters. The van der Waals surface area contributed by atoms with Gasteiger partial charge in [-0.2, -0.15) is 0 Å². The molecule has 0 aromatic carbocycles. The number of phosphoric ester groups is 1. The lowest BCUT2D eigenvalue weighted by molar-refractivity contribution is -0.220. The third-order valence-corrected chi connectivity index (χ3v) is 10.8. The van der Waals surface area contributed by atoms with Crippen molar-refractivity contribution in [2.45, 2.75) is 178 Å². The molecular formula is C47H77O14P. The second-order valence-corrected chi connectivity index (χ2v) is 16.6. The molecule has 62 heavy (non-hydrogen) atoms. The fourth-order valence-corrected chi connectivity index (χ4v) is 7.13. The van der Waals surface area contributed by atoms with E-state index in [1.54, 1.807) is 0 Å². The highest BCUT2D eigenvalue weighted by atomic mass is 31.2. The molecule has 0 spiro atoms. The molecule has 15 heteroatoms. The van der Waals surface area contributed by atoms with E-state index in [0.717, 1.165) is 96.3 Å². The monoisotopic (exact) mass is 897 g/mol. The predicted octanol–water partition coefficient (Wildman–Crippen LogP) is 7.47. The number of hydrogen-bond acceptors (Lipinski definition) is 13. The van der Waals surface area contributed by atoms with Crippen LogP contribution in [0.3, 0.4) is 0 Å². The summed E-state index contributed by atoms with van der Waals surface area (Å²) >= 11 is 0. The van der Waals surface area contributed by atoms with Crippen LogP contribution in [-0.4, -0.2) is 110 Å². The lowest BCUT2D eigenvalue weighted by Gasteiger charge is -2.41. The number of allylic oxidation sites excluding steroid dienone is 14. The van der Waals surface area contributed by atoms with Gasteiger partial charge in [-0.3, -0.25) is 18.6 Å². The van der Waals surface area contributed by atoms with Crippen LogP contribution < -0.4 is 0 Å². The van der Waals surface area contributed by atoms with E-state index in [9.17, 15) is 44.6 Å². The van der Waals surface area contributed by atoms with Crippen molar-refractivity contribution < 1.29 is 68.2 Å². The summed E-state index contributed by atoms with van der Waals surface area (Å²) in [5, 5.41) is 58.9. The van der Waals surface area contributed by atoms with E-state index in [1.807, 2.05) is 12.2 Å². The number of hydrogen-bond donors (Lipinski definition) is 7. The van der Waals surface area contributed by atoms with Crippen LogP contribution in [-0.2, 0) is 32.7 Å². The molecule has 8 atom stereocenters. The highest BCUT2D eigenvalue weighted by Crippen LogP contribution is 2.47. The van der Waals surface area contributed by atoms with E-state index in [2.05, 4.69) is 79.8 Å². The Balaban J connectivity index is 2.53. The van der Waals surface area contributed by atoms with Gasteiger partial charge < -0.3 is 45.0 Å². The highest BCUT2D eigenvalue weighted by Gasteiger charge is 2.51. The van der Waals surface area contributed by atoms with Crippen LogP contribution in [0.25, 0.3) is 0 Å². The SMILES string of the molecule is CC/C=C\C/C=C\C/C=C\CCCCCCCC(=O)OC[C@H](COP(=O)(O)OC1[C@H](O)[C@H](O)C(O)[C@H](O)[C@H]1O)OC(=O)CCC/C=C\C/C=C\C/C=C\C/C=C\CCCCCO. The van der Waals surface area contributed by atoms with Crippen molar-refractivity contribution in [2.75, 3.05) is 19.8 Å². The summed E-state index contributed by atoms with van der Waals surface area (Å²) in [5.41, 5.74) is 0. The van der Waals surface area contributed by atoms with Crippen molar-refractivity contribution in [2.24, 2.45) is 0 Å². The summed E-state index contributed by atoms with van der Waals surface area (Å²) in [4.78, 5) is 35.6.